The van der Waals surface area contributed by atoms with Crippen LogP contribution < -0.4 is 10.2 Å². The molecule has 5 rings (SSSR count). The first-order valence-electron chi connectivity index (χ1n) is 9.92. The average molecular weight is 377 g/mol. The molecule has 7 heteroatoms. The molecule has 1 saturated heterocycles. The molecule has 1 saturated carbocycles. The Balaban J connectivity index is 1.41. The highest BCUT2D eigenvalue weighted by Gasteiger charge is 2.31. The minimum Gasteiger partial charge on any atom is -0.356 e. The Morgan fingerprint density at radius 2 is 1.86 bits per heavy atom. The molecule has 1 aromatic carbocycles. The number of aromatic nitrogens is 3. The molecule has 0 atom stereocenters. The molecule has 3 heterocycles. The lowest BCUT2D eigenvalue weighted by molar-refractivity contribution is -0.125. The van der Waals surface area contributed by atoms with Gasteiger partial charge in [0.1, 0.15) is 23.2 Å². The van der Waals surface area contributed by atoms with Crippen molar-refractivity contribution >= 4 is 22.8 Å². The van der Waals surface area contributed by atoms with E-state index in [1.807, 2.05) is 12.1 Å². The van der Waals surface area contributed by atoms with Crippen molar-refractivity contribution in [2.45, 2.75) is 38.6 Å². The number of amides is 1. The summed E-state index contributed by atoms with van der Waals surface area (Å²) in [7, 11) is 0. The van der Waals surface area contributed by atoms with E-state index in [1.54, 1.807) is 0 Å². The normalized spacial score (nSPS) is 17.8. The molecular weight excluding hydrogens is 354 g/mol. The topological polar surface area (TPSA) is 84.2 Å². The second-order valence-electron chi connectivity index (χ2n) is 7.82. The first-order valence-corrected chi connectivity index (χ1v) is 9.92. The second kappa shape index (κ2) is 6.89. The van der Waals surface area contributed by atoms with Gasteiger partial charge in [-0.25, -0.2) is 4.98 Å². The van der Waals surface area contributed by atoms with Crippen LogP contribution in [0.3, 0.4) is 0 Å². The Labute approximate surface area is 163 Å². The summed E-state index contributed by atoms with van der Waals surface area (Å²) in [4.78, 5) is 23.4. The maximum Gasteiger partial charge on any atom is 0.263 e. The lowest BCUT2D eigenvalue weighted by Crippen LogP contribution is -2.41. The van der Waals surface area contributed by atoms with Crippen molar-refractivity contribution in [1.29, 1.82) is 0 Å². The van der Waals surface area contributed by atoms with E-state index in [-0.39, 0.29) is 11.8 Å². The Hall–Kier alpha value is -2.96. The van der Waals surface area contributed by atoms with Gasteiger partial charge in [-0.1, -0.05) is 35.0 Å². The van der Waals surface area contributed by atoms with Gasteiger partial charge in [0.05, 0.1) is 0 Å². The van der Waals surface area contributed by atoms with Gasteiger partial charge in [-0.15, -0.1) is 0 Å². The number of piperidine rings is 1. The molecule has 2 aliphatic rings. The van der Waals surface area contributed by atoms with Crippen molar-refractivity contribution in [1.82, 2.24) is 20.4 Å². The first kappa shape index (κ1) is 17.2. The SMILES string of the molecule is Cc1ccc(-c2noc3ncnc(N4CCC(C(=O)NC5CC5)CC4)c23)cc1. The van der Waals surface area contributed by atoms with Crippen LogP contribution in [-0.4, -0.2) is 40.2 Å². The van der Waals surface area contributed by atoms with E-state index in [9.17, 15) is 4.79 Å². The van der Waals surface area contributed by atoms with E-state index >= 15 is 0 Å². The number of benzene rings is 1. The average Bonchev–Trinajstić information content (AvgIpc) is 3.43. The van der Waals surface area contributed by atoms with Gasteiger partial charge in [0.25, 0.3) is 5.71 Å². The number of fused-ring (bicyclic) bond motifs is 1. The molecule has 1 aliphatic carbocycles. The molecule has 28 heavy (non-hydrogen) atoms. The van der Waals surface area contributed by atoms with E-state index in [1.165, 1.54) is 11.9 Å². The summed E-state index contributed by atoms with van der Waals surface area (Å²) in [6, 6.07) is 8.61. The number of nitrogens with one attached hydrogen (secondary N) is 1. The fraction of sp³-hybridized carbons (Fsp3) is 0.429. The van der Waals surface area contributed by atoms with Crippen LogP contribution in [0, 0.1) is 12.8 Å². The van der Waals surface area contributed by atoms with Crippen LogP contribution in [0.1, 0.15) is 31.2 Å². The molecule has 2 aromatic heterocycles. The fourth-order valence-corrected chi connectivity index (χ4v) is 3.82. The van der Waals surface area contributed by atoms with Gasteiger partial charge < -0.3 is 14.7 Å². The minimum absolute atomic E-state index is 0.0909. The number of aryl methyl sites for hydroxylation is 1. The molecular formula is C21H23N5O2. The predicted octanol–water partition coefficient (Wildman–Crippen LogP) is 3.09. The number of hydrogen-bond acceptors (Lipinski definition) is 6. The summed E-state index contributed by atoms with van der Waals surface area (Å²) in [5.74, 6) is 1.14. The summed E-state index contributed by atoms with van der Waals surface area (Å²) in [5.41, 5.74) is 3.44. The van der Waals surface area contributed by atoms with Crippen molar-refractivity contribution in [3.05, 3.63) is 36.2 Å². The van der Waals surface area contributed by atoms with Crippen LogP contribution >= 0.6 is 0 Å². The fourth-order valence-electron chi connectivity index (χ4n) is 3.82. The standard InChI is InChI=1S/C21H23N5O2/c1-13-2-4-14(5-3-13)18-17-19(22-12-23-21(17)28-25-18)26-10-8-15(9-11-26)20(27)24-16-6-7-16/h2-5,12,15-16H,6-11H2,1H3,(H,24,27). The van der Waals surface area contributed by atoms with Gasteiger partial charge in [-0.3, -0.25) is 4.79 Å². The zero-order valence-corrected chi connectivity index (χ0v) is 15.9. The third kappa shape index (κ3) is 3.21. The lowest BCUT2D eigenvalue weighted by atomic mass is 9.95. The molecule has 1 amide bonds. The van der Waals surface area contributed by atoms with Crippen molar-refractivity contribution < 1.29 is 9.32 Å². The van der Waals surface area contributed by atoms with Crippen LogP contribution in [0.4, 0.5) is 5.82 Å². The van der Waals surface area contributed by atoms with Gasteiger partial charge in [-0.05, 0) is 32.6 Å². The van der Waals surface area contributed by atoms with E-state index in [0.29, 0.717) is 11.8 Å². The molecule has 1 aliphatic heterocycles. The molecule has 0 unspecified atom stereocenters. The zero-order valence-electron chi connectivity index (χ0n) is 15.9. The van der Waals surface area contributed by atoms with Crippen LogP contribution in [0.5, 0.6) is 0 Å². The number of hydrogen-bond donors (Lipinski definition) is 1. The number of anilines is 1. The first-order chi connectivity index (χ1) is 13.7. The van der Waals surface area contributed by atoms with E-state index in [2.05, 4.69) is 44.4 Å². The van der Waals surface area contributed by atoms with Gasteiger partial charge in [0.2, 0.25) is 5.91 Å². The van der Waals surface area contributed by atoms with Crippen molar-refractivity contribution in [3.63, 3.8) is 0 Å². The molecule has 1 N–H and O–H groups in total. The van der Waals surface area contributed by atoms with Crippen LogP contribution in [0.15, 0.2) is 35.1 Å². The van der Waals surface area contributed by atoms with Gasteiger partial charge in [0, 0.05) is 30.6 Å². The number of carbonyl (C=O) groups excluding carboxylic acids is 1. The van der Waals surface area contributed by atoms with Crippen LogP contribution in [-0.2, 0) is 4.79 Å². The molecule has 3 aromatic rings. The van der Waals surface area contributed by atoms with Crippen LogP contribution in [0.2, 0.25) is 0 Å². The third-order valence-electron chi connectivity index (χ3n) is 5.67. The third-order valence-corrected chi connectivity index (χ3v) is 5.67. The van der Waals surface area contributed by atoms with Crippen molar-refractivity contribution in [3.8, 4) is 11.3 Å². The smallest absolute Gasteiger partial charge is 0.263 e. The molecule has 7 nitrogen and oxygen atoms in total. The maximum atomic E-state index is 12.3. The monoisotopic (exact) mass is 377 g/mol. The maximum absolute atomic E-state index is 12.3. The highest BCUT2D eigenvalue weighted by atomic mass is 16.5. The summed E-state index contributed by atoms with van der Waals surface area (Å²) in [6.07, 6.45) is 5.43. The zero-order chi connectivity index (χ0) is 19.1. The molecule has 0 bridgehead atoms. The second-order valence-corrected chi connectivity index (χ2v) is 7.82. The van der Waals surface area contributed by atoms with Gasteiger partial charge in [-0.2, -0.15) is 4.98 Å². The lowest BCUT2D eigenvalue weighted by Gasteiger charge is -2.32. The van der Waals surface area contributed by atoms with Gasteiger partial charge in [0.15, 0.2) is 0 Å². The Kier molecular flexibility index (Phi) is 4.22. The summed E-state index contributed by atoms with van der Waals surface area (Å²) >= 11 is 0. The summed E-state index contributed by atoms with van der Waals surface area (Å²) < 4.78 is 5.48. The number of carbonyl (C=O) groups is 1. The Bertz CT molecular complexity index is 1000. The van der Waals surface area contributed by atoms with E-state index < -0.39 is 0 Å². The molecule has 0 radical (unpaired) electrons. The van der Waals surface area contributed by atoms with E-state index in [4.69, 9.17) is 4.52 Å². The molecule has 0 spiro atoms. The summed E-state index contributed by atoms with van der Waals surface area (Å²) in [6.45, 7) is 3.63. The van der Waals surface area contributed by atoms with Crippen LogP contribution in [0.25, 0.3) is 22.4 Å². The molecule has 144 valence electrons. The number of rotatable bonds is 4. The summed E-state index contributed by atoms with van der Waals surface area (Å²) in [5, 5.41) is 8.24. The Morgan fingerprint density at radius 1 is 1.11 bits per heavy atom. The minimum atomic E-state index is 0.0909. The highest BCUT2D eigenvalue weighted by molar-refractivity contribution is 5.98. The highest BCUT2D eigenvalue weighted by Crippen LogP contribution is 2.35. The largest absolute Gasteiger partial charge is 0.356 e. The molecule has 2 fully saturated rings. The van der Waals surface area contributed by atoms with E-state index in [0.717, 1.165) is 61.2 Å². The Morgan fingerprint density at radius 3 is 2.57 bits per heavy atom. The van der Waals surface area contributed by atoms with Crippen molar-refractivity contribution in [2.75, 3.05) is 18.0 Å². The van der Waals surface area contributed by atoms with Gasteiger partial charge >= 0.3 is 0 Å². The quantitative estimate of drug-likeness (QED) is 0.752. The predicted molar refractivity (Wildman–Crippen MR) is 106 cm³/mol. The van der Waals surface area contributed by atoms with Crippen molar-refractivity contribution in [2.24, 2.45) is 5.92 Å². The number of nitrogens with zero attached hydrogens (tertiary/aromatic N) is 4.